The van der Waals surface area contributed by atoms with Crippen LogP contribution in [-0.4, -0.2) is 44.6 Å². The van der Waals surface area contributed by atoms with E-state index in [-0.39, 0.29) is 6.54 Å². The van der Waals surface area contributed by atoms with E-state index in [0.29, 0.717) is 17.3 Å². The van der Waals surface area contributed by atoms with Crippen molar-refractivity contribution in [2.75, 3.05) is 36.4 Å². The predicted octanol–water partition coefficient (Wildman–Crippen LogP) is 2.39. The van der Waals surface area contributed by atoms with Crippen molar-refractivity contribution in [3.05, 3.63) is 41.2 Å². The first-order chi connectivity index (χ1) is 12.8. The quantitative estimate of drug-likeness (QED) is 0.707. The number of aromatic nitrogens is 2. The molecule has 7 nitrogen and oxygen atoms in total. The smallest absolute Gasteiger partial charge is 0.240 e. The highest BCUT2D eigenvalue weighted by Gasteiger charge is 2.17. The average molecular weight is 390 g/mol. The molecule has 2 heterocycles. The lowest BCUT2D eigenvalue weighted by Gasteiger charge is -2.18. The van der Waals surface area contributed by atoms with Crippen LogP contribution in [0.3, 0.4) is 0 Å². The van der Waals surface area contributed by atoms with Crippen LogP contribution in [0.15, 0.2) is 29.2 Å². The zero-order valence-corrected chi connectivity index (χ0v) is 16.9. The van der Waals surface area contributed by atoms with Crippen molar-refractivity contribution in [1.29, 1.82) is 0 Å². The molecule has 1 aromatic heterocycles. The van der Waals surface area contributed by atoms with E-state index in [1.54, 1.807) is 6.07 Å². The summed E-state index contributed by atoms with van der Waals surface area (Å²) in [6, 6.07) is 7.26. The van der Waals surface area contributed by atoms with E-state index >= 15 is 0 Å². The second kappa shape index (κ2) is 8.22. The number of sulfonamides is 1. The first kappa shape index (κ1) is 19.6. The van der Waals surface area contributed by atoms with Crippen LogP contribution in [0.5, 0.6) is 0 Å². The molecule has 3 rings (SSSR count). The molecule has 2 N–H and O–H groups in total. The van der Waals surface area contributed by atoms with Crippen molar-refractivity contribution in [3.63, 3.8) is 0 Å². The summed E-state index contributed by atoms with van der Waals surface area (Å²) >= 11 is 0. The van der Waals surface area contributed by atoms with Gasteiger partial charge in [-0.05, 0) is 45.2 Å². The molecule has 146 valence electrons. The number of nitrogens with zero attached hydrogens (tertiary/aromatic N) is 3. The Hall–Kier alpha value is -2.19. The third-order valence-corrected chi connectivity index (χ3v) is 6.22. The van der Waals surface area contributed by atoms with Gasteiger partial charge in [0.05, 0.1) is 4.90 Å². The summed E-state index contributed by atoms with van der Waals surface area (Å²) in [5, 5.41) is 3.19. The summed E-state index contributed by atoms with van der Waals surface area (Å²) in [4.78, 5) is 11.5. The number of hydrogen-bond donors (Lipinski definition) is 2. The van der Waals surface area contributed by atoms with Gasteiger partial charge in [0, 0.05) is 32.2 Å². The van der Waals surface area contributed by atoms with Crippen LogP contribution in [0.25, 0.3) is 0 Å². The van der Waals surface area contributed by atoms with Crippen molar-refractivity contribution in [2.45, 2.75) is 38.5 Å². The second-order valence-corrected chi connectivity index (χ2v) is 8.68. The lowest BCUT2D eigenvalue weighted by atomic mass is 10.2. The fourth-order valence-electron chi connectivity index (χ4n) is 3.31. The van der Waals surface area contributed by atoms with Gasteiger partial charge in [0.1, 0.15) is 17.5 Å². The van der Waals surface area contributed by atoms with Crippen LogP contribution < -0.4 is 14.9 Å². The summed E-state index contributed by atoms with van der Waals surface area (Å²) in [7, 11) is -3.52. The molecule has 2 aromatic rings. The minimum absolute atomic E-state index is 0.276. The van der Waals surface area contributed by atoms with Gasteiger partial charge in [0.25, 0.3) is 0 Å². The molecule has 0 saturated carbocycles. The normalized spacial score (nSPS) is 14.6. The maximum Gasteiger partial charge on any atom is 0.240 e. The zero-order chi connectivity index (χ0) is 19.4. The van der Waals surface area contributed by atoms with Crippen molar-refractivity contribution in [1.82, 2.24) is 14.7 Å². The topological polar surface area (TPSA) is 87.2 Å². The molecule has 1 saturated heterocycles. The Bertz CT molecular complexity index is 908. The molecule has 0 bridgehead atoms. The van der Waals surface area contributed by atoms with E-state index in [1.807, 2.05) is 39.0 Å². The highest BCUT2D eigenvalue weighted by molar-refractivity contribution is 7.89. The van der Waals surface area contributed by atoms with Gasteiger partial charge in [-0.1, -0.05) is 17.7 Å². The third-order valence-electron chi connectivity index (χ3n) is 4.60. The van der Waals surface area contributed by atoms with Crippen LogP contribution >= 0.6 is 0 Å². The lowest BCUT2D eigenvalue weighted by molar-refractivity contribution is 0.582. The molecular weight excluding hydrogens is 362 g/mol. The Balaban J connectivity index is 1.58. The Kier molecular flexibility index (Phi) is 5.96. The monoisotopic (exact) mass is 389 g/mol. The number of benzene rings is 1. The Labute approximate surface area is 161 Å². The molecule has 0 radical (unpaired) electrons. The highest BCUT2D eigenvalue weighted by atomic mass is 32.2. The molecule has 0 unspecified atom stereocenters. The van der Waals surface area contributed by atoms with E-state index in [4.69, 9.17) is 0 Å². The predicted molar refractivity (Wildman–Crippen MR) is 108 cm³/mol. The molecule has 0 spiro atoms. The maximum atomic E-state index is 12.5. The summed E-state index contributed by atoms with van der Waals surface area (Å²) in [6.07, 6.45) is 2.37. The Morgan fingerprint density at radius 3 is 2.48 bits per heavy atom. The van der Waals surface area contributed by atoms with Crippen molar-refractivity contribution in [3.8, 4) is 0 Å². The third kappa shape index (κ3) is 4.95. The second-order valence-electron chi connectivity index (χ2n) is 6.95. The van der Waals surface area contributed by atoms with E-state index < -0.39 is 10.0 Å². The molecule has 0 aliphatic carbocycles. The molecule has 1 aliphatic rings. The molecular formula is C19H27N5O2S. The van der Waals surface area contributed by atoms with Crippen molar-refractivity contribution in [2.24, 2.45) is 0 Å². The number of aryl methyl sites for hydroxylation is 3. The molecule has 1 fully saturated rings. The van der Waals surface area contributed by atoms with Gasteiger partial charge in [-0.2, -0.15) is 0 Å². The fourth-order valence-corrected chi connectivity index (χ4v) is 4.56. The molecule has 1 aromatic carbocycles. The molecule has 8 heteroatoms. The van der Waals surface area contributed by atoms with Crippen LogP contribution in [0.1, 0.15) is 29.8 Å². The summed E-state index contributed by atoms with van der Waals surface area (Å²) < 4.78 is 27.6. The van der Waals surface area contributed by atoms with Crippen molar-refractivity contribution >= 4 is 21.7 Å². The first-order valence-electron chi connectivity index (χ1n) is 9.26. The van der Waals surface area contributed by atoms with Gasteiger partial charge >= 0.3 is 0 Å². The summed E-state index contributed by atoms with van der Waals surface area (Å²) in [6.45, 7) is 8.38. The molecule has 0 amide bonds. The fraction of sp³-hybridized carbons (Fsp3) is 0.474. The van der Waals surface area contributed by atoms with Gasteiger partial charge in [0.2, 0.25) is 10.0 Å². The maximum absolute atomic E-state index is 12.5. The van der Waals surface area contributed by atoms with Gasteiger partial charge in [0.15, 0.2) is 0 Å². The van der Waals surface area contributed by atoms with Crippen molar-refractivity contribution < 1.29 is 8.42 Å². The summed E-state index contributed by atoms with van der Waals surface area (Å²) in [5.74, 6) is 2.35. The highest BCUT2D eigenvalue weighted by Crippen LogP contribution is 2.20. The van der Waals surface area contributed by atoms with Gasteiger partial charge in [-0.3, -0.25) is 0 Å². The summed E-state index contributed by atoms with van der Waals surface area (Å²) in [5.41, 5.74) is 1.79. The molecule has 27 heavy (non-hydrogen) atoms. The standard InChI is InChI=1S/C19H27N5O2S/c1-14-6-7-17(15(2)12-14)27(25,26)21-9-8-20-18-13-19(23-16(3)22-18)24-10-4-5-11-24/h6-7,12-13,21H,4-5,8-11H2,1-3H3,(H,20,22,23). The van der Waals surface area contributed by atoms with E-state index in [9.17, 15) is 8.42 Å². The Morgan fingerprint density at radius 2 is 1.78 bits per heavy atom. The van der Waals surface area contributed by atoms with Gasteiger partial charge in [-0.25, -0.2) is 23.1 Å². The van der Waals surface area contributed by atoms with Crippen LogP contribution in [0, 0.1) is 20.8 Å². The number of nitrogens with one attached hydrogen (secondary N) is 2. The molecule has 0 atom stereocenters. The first-order valence-corrected chi connectivity index (χ1v) is 10.7. The van der Waals surface area contributed by atoms with E-state index in [2.05, 4.69) is 24.9 Å². The number of anilines is 2. The van der Waals surface area contributed by atoms with Gasteiger partial charge < -0.3 is 10.2 Å². The largest absolute Gasteiger partial charge is 0.369 e. The minimum atomic E-state index is -3.52. The zero-order valence-electron chi connectivity index (χ0n) is 16.1. The SMILES string of the molecule is Cc1ccc(S(=O)(=O)NCCNc2cc(N3CCCC3)nc(C)n2)c(C)c1. The van der Waals surface area contributed by atoms with Gasteiger partial charge in [-0.15, -0.1) is 0 Å². The molecule has 1 aliphatic heterocycles. The van der Waals surface area contributed by atoms with Crippen LogP contribution in [-0.2, 0) is 10.0 Å². The Morgan fingerprint density at radius 1 is 1.04 bits per heavy atom. The van der Waals surface area contributed by atoms with E-state index in [1.165, 1.54) is 12.8 Å². The lowest BCUT2D eigenvalue weighted by Crippen LogP contribution is -2.29. The van der Waals surface area contributed by atoms with E-state index in [0.717, 1.165) is 35.9 Å². The number of rotatable bonds is 7. The number of hydrogen-bond acceptors (Lipinski definition) is 6. The minimum Gasteiger partial charge on any atom is -0.369 e. The average Bonchev–Trinajstić information content (AvgIpc) is 3.12. The van der Waals surface area contributed by atoms with Crippen LogP contribution in [0.4, 0.5) is 11.6 Å². The van der Waals surface area contributed by atoms with Crippen LogP contribution in [0.2, 0.25) is 0 Å².